The van der Waals surface area contributed by atoms with Gasteiger partial charge in [-0.2, -0.15) is 0 Å². The van der Waals surface area contributed by atoms with Gasteiger partial charge in [0, 0.05) is 11.1 Å². The highest BCUT2D eigenvalue weighted by Crippen LogP contribution is 2.48. The predicted octanol–water partition coefficient (Wildman–Crippen LogP) is 1.07. The lowest BCUT2D eigenvalue weighted by atomic mass is 9.91. The first kappa shape index (κ1) is 33.0. The van der Waals surface area contributed by atoms with Crippen LogP contribution >= 0.6 is 0 Å². The number of hydrogen-bond donors (Lipinski definition) is 6. The second-order valence-corrected chi connectivity index (χ2v) is 11.2. The highest BCUT2D eigenvalue weighted by molar-refractivity contribution is 6.04. The number of aliphatic hydroxyl groups is 4. The van der Waals surface area contributed by atoms with E-state index in [1.165, 1.54) is 14.0 Å². The molecule has 1 fully saturated rings. The molecule has 0 radical (unpaired) electrons. The highest BCUT2D eigenvalue weighted by Gasteiger charge is 2.46. The number of rotatable bonds is 10. The third kappa shape index (κ3) is 6.89. The summed E-state index contributed by atoms with van der Waals surface area (Å²) in [5.74, 6) is -2.42. The molecule has 0 aromatic heterocycles. The number of phenols is 1. The number of carboxylic acids is 1. The van der Waals surface area contributed by atoms with Gasteiger partial charge in [-0.3, -0.25) is 14.4 Å². The Morgan fingerprint density at radius 2 is 1.68 bits per heavy atom. The quantitative estimate of drug-likeness (QED) is 0.205. The number of carboxylic acid groups (broad SMARTS) is 1. The third-order valence-corrected chi connectivity index (χ3v) is 7.61. The van der Waals surface area contributed by atoms with Crippen LogP contribution in [0.5, 0.6) is 23.0 Å². The average Bonchev–Trinajstić information content (AvgIpc) is 2.96. The standard InChI is InChI=1S/C30H36O14/c1-13-23(35)22-17(31)9-18(15-5-7-16(40-4)8-6-15)42-28(22)14(2)27(13)44-29-26(38)25(37)24(36)19(43-29)12-41-21(34)11-30(3,39)10-20(32)33/h5-8,18-19,24-26,29,35-39H,9-12H2,1-4H3,(H,32,33)/t18-,19?,24+,25-,26?,29-,30?/m0/s1. The molecular weight excluding hydrogens is 584 g/mol. The van der Waals surface area contributed by atoms with Gasteiger partial charge >= 0.3 is 11.9 Å². The number of carbonyl (C=O) groups excluding carboxylic acids is 2. The second-order valence-electron chi connectivity index (χ2n) is 11.2. The van der Waals surface area contributed by atoms with Crippen molar-refractivity contribution in [3.05, 3.63) is 46.5 Å². The largest absolute Gasteiger partial charge is 0.507 e. The normalized spacial score (nSPS) is 26.1. The van der Waals surface area contributed by atoms with Crippen LogP contribution in [0.1, 0.15) is 59.3 Å². The lowest BCUT2D eigenvalue weighted by Gasteiger charge is -2.40. The van der Waals surface area contributed by atoms with Gasteiger partial charge in [-0.05, 0) is 38.5 Å². The number of methoxy groups -OCH3 is 1. The Kier molecular flexibility index (Phi) is 9.71. The lowest BCUT2D eigenvalue weighted by molar-refractivity contribution is -0.279. The molecule has 3 unspecified atom stereocenters. The SMILES string of the molecule is COc1ccc([C@@H]2CC(=O)c3c(O)c(C)c(O[C@@H]4OC(COC(=O)CC(C)(O)CC(=O)O)[C@@H](O)[C@H](O)C4O)c(C)c3O2)cc1. The van der Waals surface area contributed by atoms with E-state index in [1.54, 1.807) is 31.2 Å². The second kappa shape index (κ2) is 13.0. The van der Waals surface area contributed by atoms with E-state index in [4.69, 9.17) is 28.8 Å². The van der Waals surface area contributed by atoms with Crippen molar-refractivity contribution >= 4 is 17.7 Å². The van der Waals surface area contributed by atoms with E-state index in [2.05, 4.69) is 0 Å². The maximum atomic E-state index is 13.1. The summed E-state index contributed by atoms with van der Waals surface area (Å²) in [5, 5.41) is 61.5. The van der Waals surface area contributed by atoms with E-state index in [0.717, 1.165) is 6.92 Å². The molecule has 2 aliphatic heterocycles. The number of ether oxygens (including phenoxy) is 5. The molecule has 0 bridgehead atoms. The van der Waals surface area contributed by atoms with Crippen LogP contribution in [0.15, 0.2) is 24.3 Å². The highest BCUT2D eigenvalue weighted by atomic mass is 16.7. The average molecular weight is 621 g/mol. The molecule has 1 saturated heterocycles. The Hall–Kier alpha value is -3.95. The zero-order chi connectivity index (χ0) is 32.5. The van der Waals surface area contributed by atoms with Gasteiger partial charge in [0.25, 0.3) is 0 Å². The summed E-state index contributed by atoms with van der Waals surface area (Å²) in [6.45, 7) is 3.56. The van der Waals surface area contributed by atoms with Gasteiger partial charge in [0.2, 0.25) is 6.29 Å². The zero-order valence-electron chi connectivity index (χ0n) is 24.6. The Balaban J connectivity index is 1.54. The number of Topliss-reactive ketones (excluding diaryl/α,β-unsaturated/α-hetero) is 1. The van der Waals surface area contributed by atoms with Gasteiger partial charge in [-0.25, -0.2) is 0 Å². The minimum absolute atomic E-state index is 0.0162. The minimum atomic E-state index is -1.89. The number of fused-ring (bicyclic) bond motifs is 1. The summed E-state index contributed by atoms with van der Waals surface area (Å²) in [4.78, 5) is 36.3. The number of benzene rings is 2. The molecular formula is C30H36O14. The summed E-state index contributed by atoms with van der Waals surface area (Å²) >= 11 is 0. The van der Waals surface area contributed by atoms with Crippen molar-refractivity contribution < 1.29 is 68.7 Å². The van der Waals surface area contributed by atoms with Crippen molar-refractivity contribution in [2.75, 3.05) is 13.7 Å². The van der Waals surface area contributed by atoms with Crippen LogP contribution < -0.4 is 14.2 Å². The van der Waals surface area contributed by atoms with E-state index < -0.39 is 79.5 Å². The Bertz CT molecular complexity index is 1400. The maximum absolute atomic E-state index is 13.1. The van der Waals surface area contributed by atoms with Crippen molar-refractivity contribution in [2.24, 2.45) is 0 Å². The van der Waals surface area contributed by atoms with Crippen LogP contribution in [0.4, 0.5) is 0 Å². The summed E-state index contributed by atoms with van der Waals surface area (Å²) < 4.78 is 27.9. The van der Waals surface area contributed by atoms with Gasteiger partial charge in [0.1, 0.15) is 65.7 Å². The molecule has 2 aromatic rings. The molecule has 6 N–H and O–H groups in total. The van der Waals surface area contributed by atoms with Gasteiger partial charge in [-0.15, -0.1) is 0 Å². The van der Waals surface area contributed by atoms with Crippen LogP contribution in [0.2, 0.25) is 0 Å². The van der Waals surface area contributed by atoms with E-state index in [1.807, 2.05) is 0 Å². The van der Waals surface area contributed by atoms with Gasteiger partial charge < -0.3 is 54.3 Å². The molecule has 240 valence electrons. The van der Waals surface area contributed by atoms with Crippen molar-refractivity contribution in [3.63, 3.8) is 0 Å². The van der Waals surface area contributed by atoms with E-state index >= 15 is 0 Å². The fourth-order valence-electron chi connectivity index (χ4n) is 5.21. The molecule has 0 amide bonds. The van der Waals surface area contributed by atoms with E-state index in [9.17, 15) is 39.9 Å². The number of aliphatic hydroxyl groups excluding tert-OH is 3. The summed E-state index contributed by atoms with van der Waals surface area (Å²) in [6, 6.07) is 6.95. The fraction of sp³-hybridized carbons (Fsp3) is 0.500. The maximum Gasteiger partial charge on any atom is 0.308 e. The number of phenolic OH excluding ortho intramolecular Hbond substituents is 1. The first-order chi connectivity index (χ1) is 20.6. The first-order valence-electron chi connectivity index (χ1n) is 13.8. The molecule has 0 spiro atoms. The number of aliphatic carboxylic acids is 1. The summed E-state index contributed by atoms with van der Waals surface area (Å²) in [7, 11) is 1.53. The molecule has 0 saturated carbocycles. The third-order valence-electron chi connectivity index (χ3n) is 7.61. The van der Waals surface area contributed by atoms with Crippen LogP contribution in [0.25, 0.3) is 0 Å². The van der Waals surface area contributed by atoms with Crippen LogP contribution in [0, 0.1) is 13.8 Å². The van der Waals surface area contributed by atoms with Crippen molar-refractivity contribution in [2.45, 2.75) is 82.4 Å². The molecule has 44 heavy (non-hydrogen) atoms. The van der Waals surface area contributed by atoms with E-state index in [0.29, 0.717) is 16.9 Å². The zero-order valence-corrected chi connectivity index (χ0v) is 24.6. The van der Waals surface area contributed by atoms with Crippen molar-refractivity contribution in [1.82, 2.24) is 0 Å². The molecule has 2 heterocycles. The van der Waals surface area contributed by atoms with E-state index in [-0.39, 0.29) is 34.8 Å². The lowest BCUT2D eigenvalue weighted by Crippen LogP contribution is -2.60. The number of hydrogen-bond acceptors (Lipinski definition) is 13. The number of carbonyl (C=O) groups is 3. The minimum Gasteiger partial charge on any atom is -0.507 e. The van der Waals surface area contributed by atoms with Crippen molar-refractivity contribution in [1.29, 1.82) is 0 Å². The first-order valence-corrected chi connectivity index (χ1v) is 13.8. The number of esters is 1. The predicted molar refractivity (Wildman–Crippen MR) is 149 cm³/mol. The summed E-state index contributed by atoms with van der Waals surface area (Å²) in [6.07, 6.45) is -10.5. The Morgan fingerprint density at radius 1 is 1.02 bits per heavy atom. The fourth-order valence-corrected chi connectivity index (χ4v) is 5.21. The number of aromatic hydroxyl groups is 1. The molecule has 0 aliphatic carbocycles. The Morgan fingerprint density at radius 3 is 2.30 bits per heavy atom. The summed E-state index contributed by atoms with van der Waals surface area (Å²) in [5.41, 5.74) is -0.809. The van der Waals surface area contributed by atoms with Crippen LogP contribution in [0.3, 0.4) is 0 Å². The molecule has 14 heteroatoms. The number of ketones is 1. The van der Waals surface area contributed by atoms with Crippen molar-refractivity contribution in [3.8, 4) is 23.0 Å². The monoisotopic (exact) mass is 620 g/mol. The smallest absolute Gasteiger partial charge is 0.308 e. The van der Waals surface area contributed by atoms with Crippen LogP contribution in [-0.4, -0.2) is 98.4 Å². The van der Waals surface area contributed by atoms with Crippen LogP contribution in [-0.2, 0) is 19.1 Å². The van der Waals surface area contributed by atoms with Gasteiger partial charge in [-0.1, -0.05) is 12.1 Å². The molecule has 14 nitrogen and oxygen atoms in total. The van der Waals surface area contributed by atoms with Gasteiger partial charge in [0.15, 0.2) is 5.78 Å². The Labute approximate surface area is 252 Å². The molecule has 7 atom stereocenters. The molecule has 2 aliphatic rings. The molecule has 4 rings (SSSR count). The molecule has 2 aromatic carbocycles. The van der Waals surface area contributed by atoms with Gasteiger partial charge in [0.05, 0.1) is 32.0 Å². The topological polar surface area (TPSA) is 219 Å².